The summed E-state index contributed by atoms with van der Waals surface area (Å²) in [6, 6.07) is 0. The molecule has 0 aromatic carbocycles. The summed E-state index contributed by atoms with van der Waals surface area (Å²) in [5, 5.41) is 0. The Bertz CT molecular complexity index is 390. The summed E-state index contributed by atoms with van der Waals surface area (Å²) in [6.45, 7) is 8.56. The van der Waals surface area contributed by atoms with E-state index in [-0.39, 0.29) is 0 Å². The van der Waals surface area contributed by atoms with E-state index in [0.717, 1.165) is 43.3 Å². The molecule has 4 heteroatoms. The summed E-state index contributed by atoms with van der Waals surface area (Å²) >= 11 is 0. The SMILES string of the molecule is Cc1nc(C2CCOCC2)nc(C)c1C(C)CN. The Labute approximate surface area is 109 Å². The van der Waals surface area contributed by atoms with Crippen LogP contribution in [0.2, 0.25) is 0 Å². The lowest BCUT2D eigenvalue weighted by molar-refractivity contribution is 0.0835. The molecule has 0 radical (unpaired) electrons. The van der Waals surface area contributed by atoms with Gasteiger partial charge in [0.25, 0.3) is 0 Å². The van der Waals surface area contributed by atoms with Crippen molar-refractivity contribution < 1.29 is 4.74 Å². The zero-order valence-electron chi connectivity index (χ0n) is 11.6. The summed E-state index contributed by atoms with van der Waals surface area (Å²) in [4.78, 5) is 9.41. The third-order valence-corrected chi connectivity index (χ3v) is 3.78. The van der Waals surface area contributed by atoms with Crippen molar-refractivity contribution in [2.75, 3.05) is 19.8 Å². The molecular formula is C14H23N3O. The van der Waals surface area contributed by atoms with Crippen molar-refractivity contribution in [3.05, 3.63) is 22.8 Å². The summed E-state index contributed by atoms with van der Waals surface area (Å²) in [7, 11) is 0. The highest BCUT2D eigenvalue weighted by molar-refractivity contribution is 5.29. The average Bonchev–Trinajstić information content (AvgIpc) is 2.38. The largest absolute Gasteiger partial charge is 0.381 e. The molecular weight excluding hydrogens is 226 g/mol. The first kappa shape index (κ1) is 13.4. The Balaban J connectivity index is 2.29. The minimum atomic E-state index is 0.328. The van der Waals surface area contributed by atoms with E-state index in [4.69, 9.17) is 20.4 Å². The fraction of sp³-hybridized carbons (Fsp3) is 0.714. The van der Waals surface area contributed by atoms with Crippen molar-refractivity contribution in [3.8, 4) is 0 Å². The molecule has 2 rings (SSSR count). The van der Waals surface area contributed by atoms with Crippen LogP contribution in [0.1, 0.15) is 54.4 Å². The average molecular weight is 249 g/mol. The molecule has 18 heavy (non-hydrogen) atoms. The van der Waals surface area contributed by atoms with Crippen LogP contribution < -0.4 is 5.73 Å². The predicted octanol–water partition coefficient (Wildman–Crippen LogP) is 2.05. The number of aromatic nitrogens is 2. The number of ether oxygens (including phenoxy) is 1. The lowest BCUT2D eigenvalue weighted by Gasteiger charge is -2.23. The van der Waals surface area contributed by atoms with Crippen LogP contribution >= 0.6 is 0 Å². The molecule has 1 unspecified atom stereocenters. The summed E-state index contributed by atoms with van der Waals surface area (Å²) < 4.78 is 5.39. The lowest BCUT2D eigenvalue weighted by atomic mass is 9.95. The quantitative estimate of drug-likeness (QED) is 0.890. The molecule has 100 valence electrons. The van der Waals surface area contributed by atoms with Crippen molar-refractivity contribution in [3.63, 3.8) is 0 Å². The molecule has 0 spiro atoms. The van der Waals surface area contributed by atoms with Gasteiger partial charge in [-0.25, -0.2) is 9.97 Å². The van der Waals surface area contributed by atoms with Gasteiger partial charge in [0.05, 0.1) is 0 Å². The molecule has 1 atom stereocenters. The molecule has 1 aromatic rings. The van der Waals surface area contributed by atoms with Gasteiger partial charge >= 0.3 is 0 Å². The van der Waals surface area contributed by atoms with Crippen LogP contribution in [0.5, 0.6) is 0 Å². The van der Waals surface area contributed by atoms with E-state index in [1.165, 1.54) is 5.56 Å². The van der Waals surface area contributed by atoms with E-state index < -0.39 is 0 Å². The van der Waals surface area contributed by atoms with Crippen LogP contribution in [-0.4, -0.2) is 29.7 Å². The summed E-state index contributed by atoms with van der Waals surface area (Å²) in [5.41, 5.74) is 9.14. The molecule has 1 fully saturated rings. The van der Waals surface area contributed by atoms with Crippen LogP contribution in [0.25, 0.3) is 0 Å². The van der Waals surface area contributed by atoms with Crippen LogP contribution in [0.3, 0.4) is 0 Å². The van der Waals surface area contributed by atoms with E-state index in [1.807, 2.05) is 0 Å². The number of nitrogens with two attached hydrogens (primary N) is 1. The monoisotopic (exact) mass is 249 g/mol. The van der Waals surface area contributed by atoms with Gasteiger partial charge in [-0.1, -0.05) is 6.92 Å². The smallest absolute Gasteiger partial charge is 0.132 e. The standard InChI is InChI=1S/C14H23N3O/c1-9(8-15)13-10(2)16-14(17-11(13)3)12-4-6-18-7-5-12/h9,12H,4-8,15H2,1-3H3. The van der Waals surface area contributed by atoms with E-state index >= 15 is 0 Å². The molecule has 1 aromatic heterocycles. The second-order valence-corrected chi connectivity index (χ2v) is 5.19. The van der Waals surface area contributed by atoms with Gasteiger partial charge in [-0.05, 0) is 44.7 Å². The topological polar surface area (TPSA) is 61.0 Å². The Morgan fingerprint density at radius 2 is 1.78 bits per heavy atom. The van der Waals surface area contributed by atoms with Crippen LogP contribution in [0, 0.1) is 13.8 Å². The molecule has 2 N–H and O–H groups in total. The molecule has 4 nitrogen and oxygen atoms in total. The molecule has 0 saturated carbocycles. The molecule has 1 saturated heterocycles. The second kappa shape index (κ2) is 5.76. The van der Waals surface area contributed by atoms with E-state index in [0.29, 0.717) is 18.4 Å². The molecule has 1 aliphatic heterocycles. The fourth-order valence-corrected chi connectivity index (χ4v) is 2.72. The van der Waals surface area contributed by atoms with E-state index in [1.54, 1.807) is 0 Å². The minimum Gasteiger partial charge on any atom is -0.381 e. The van der Waals surface area contributed by atoms with Gasteiger partial charge in [-0.15, -0.1) is 0 Å². The third-order valence-electron chi connectivity index (χ3n) is 3.78. The maximum Gasteiger partial charge on any atom is 0.132 e. The molecule has 1 aliphatic rings. The molecule has 0 aliphatic carbocycles. The zero-order chi connectivity index (χ0) is 13.1. The predicted molar refractivity (Wildman–Crippen MR) is 71.8 cm³/mol. The number of aryl methyl sites for hydroxylation is 2. The third kappa shape index (κ3) is 2.70. The van der Waals surface area contributed by atoms with Gasteiger partial charge < -0.3 is 10.5 Å². The first-order chi connectivity index (χ1) is 8.63. The normalized spacial score (nSPS) is 18.9. The summed E-state index contributed by atoms with van der Waals surface area (Å²) in [6.07, 6.45) is 2.06. The van der Waals surface area contributed by atoms with Crippen LogP contribution in [0.15, 0.2) is 0 Å². The van der Waals surface area contributed by atoms with Gasteiger partial charge in [0.2, 0.25) is 0 Å². The first-order valence-electron chi connectivity index (χ1n) is 6.76. The number of nitrogens with zero attached hydrogens (tertiary/aromatic N) is 2. The van der Waals surface area contributed by atoms with Crippen molar-refractivity contribution in [1.82, 2.24) is 9.97 Å². The molecule has 0 bridgehead atoms. The van der Waals surface area contributed by atoms with Crippen LogP contribution in [0.4, 0.5) is 0 Å². The maximum absolute atomic E-state index is 5.75. The van der Waals surface area contributed by atoms with Gasteiger partial charge in [0, 0.05) is 30.5 Å². The molecule has 0 amide bonds. The van der Waals surface area contributed by atoms with Crippen molar-refractivity contribution in [1.29, 1.82) is 0 Å². The number of rotatable bonds is 3. The van der Waals surface area contributed by atoms with E-state index in [9.17, 15) is 0 Å². The minimum absolute atomic E-state index is 0.328. The Morgan fingerprint density at radius 3 is 2.28 bits per heavy atom. The van der Waals surface area contributed by atoms with Crippen molar-refractivity contribution in [2.24, 2.45) is 5.73 Å². The lowest BCUT2D eigenvalue weighted by Crippen LogP contribution is -2.19. The number of hydrogen-bond donors (Lipinski definition) is 1. The van der Waals surface area contributed by atoms with Crippen molar-refractivity contribution in [2.45, 2.75) is 45.4 Å². The van der Waals surface area contributed by atoms with Crippen molar-refractivity contribution >= 4 is 0 Å². The van der Waals surface area contributed by atoms with Gasteiger partial charge in [-0.3, -0.25) is 0 Å². The highest BCUT2D eigenvalue weighted by atomic mass is 16.5. The summed E-state index contributed by atoms with van der Waals surface area (Å²) in [5.74, 6) is 1.77. The number of hydrogen-bond acceptors (Lipinski definition) is 4. The fourth-order valence-electron chi connectivity index (χ4n) is 2.72. The van der Waals surface area contributed by atoms with Gasteiger partial charge in [0.15, 0.2) is 0 Å². The zero-order valence-corrected chi connectivity index (χ0v) is 11.6. The highest BCUT2D eigenvalue weighted by Gasteiger charge is 2.21. The maximum atomic E-state index is 5.75. The first-order valence-corrected chi connectivity index (χ1v) is 6.76. The van der Waals surface area contributed by atoms with Gasteiger partial charge in [0.1, 0.15) is 5.82 Å². The van der Waals surface area contributed by atoms with E-state index in [2.05, 4.69) is 20.8 Å². The Kier molecular flexibility index (Phi) is 4.30. The molecule has 2 heterocycles. The highest BCUT2D eigenvalue weighted by Crippen LogP contribution is 2.27. The van der Waals surface area contributed by atoms with Crippen LogP contribution in [-0.2, 0) is 4.74 Å². The Morgan fingerprint density at radius 1 is 1.22 bits per heavy atom. The second-order valence-electron chi connectivity index (χ2n) is 5.19. The van der Waals surface area contributed by atoms with Gasteiger partial charge in [-0.2, -0.15) is 0 Å². The Hall–Kier alpha value is -1.00.